The van der Waals surface area contributed by atoms with Crippen molar-refractivity contribution in [3.63, 3.8) is 0 Å². The first-order valence-electron chi connectivity index (χ1n) is 19.3. The number of aromatic hydroxyl groups is 1. The minimum Gasteiger partial charge on any atom is -0.506 e. The van der Waals surface area contributed by atoms with Gasteiger partial charge in [0.15, 0.2) is 0 Å². The molecule has 4 heterocycles. The highest BCUT2D eigenvalue weighted by molar-refractivity contribution is 5.89. The Labute approximate surface area is 325 Å². The first kappa shape index (κ1) is 38.6. The molecule has 56 heavy (non-hydrogen) atoms. The van der Waals surface area contributed by atoms with Gasteiger partial charge in [-0.2, -0.15) is 0 Å². The lowest BCUT2D eigenvalue weighted by Crippen LogP contribution is -2.52. The molecule has 3 aliphatic rings. The molecule has 0 saturated carbocycles. The molecule has 3 atom stereocenters. The molecule has 0 spiro atoms. The number of unbranched alkanes of at least 4 members (excludes halogenated alkanes) is 1. The number of carbonyl (C=O) groups excluding carboxylic acids is 2. The van der Waals surface area contributed by atoms with Gasteiger partial charge >= 0.3 is 12.1 Å². The fraction of sp³-hybridized carbons (Fsp3) is 0.341. The second kappa shape index (κ2) is 18.3. The number of aromatic nitrogens is 1. The zero-order valence-corrected chi connectivity index (χ0v) is 31.2. The number of esters is 1. The van der Waals surface area contributed by atoms with Crippen LogP contribution in [0.1, 0.15) is 70.4 Å². The molecule has 2 bridgehead atoms. The number of phenols is 1. The van der Waals surface area contributed by atoms with Crippen LogP contribution in [0.5, 0.6) is 11.5 Å². The van der Waals surface area contributed by atoms with E-state index in [1.54, 1.807) is 24.3 Å². The normalized spacial score (nSPS) is 18.6. The Hall–Kier alpha value is -5.69. The van der Waals surface area contributed by atoms with Crippen molar-refractivity contribution in [1.29, 1.82) is 0 Å². The minimum absolute atomic E-state index is 0.0542. The Morgan fingerprint density at radius 3 is 2.45 bits per heavy atom. The topological polar surface area (TPSA) is 162 Å². The lowest BCUT2D eigenvalue weighted by molar-refractivity contribution is -0.0336. The molecule has 5 N–H and O–H groups in total. The lowest BCUT2D eigenvalue weighted by atomic mass is 9.86. The van der Waals surface area contributed by atoms with Crippen LogP contribution in [-0.4, -0.2) is 77.6 Å². The van der Waals surface area contributed by atoms with E-state index in [2.05, 4.69) is 20.5 Å². The molecule has 3 aliphatic heterocycles. The average molecular weight is 761 g/mol. The molecular formula is C44H48N4O8. The van der Waals surface area contributed by atoms with Crippen LogP contribution in [-0.2, 0) is 16.1 Å². The van der Waals surface area contributed by atoms with E-state index in [0.717, 1.165) is 55.6 Å². The smallest absolute Gasteiger partial charge is 0.408 e. The van der Waals surface area contributed by atoms with Crippen molar-refractivity contribution in [3.05, 3.63) is 141 Å². The molecular weight excluding hydrogens is 713 g/mol. The van der Waals surface area contributed by atoms with Crippen LogP contribution in [0.2, 0.25) is 0 Å². The minimum atomic E-state index is -0.841. The van der Waals surface area contributed by atoms with Crippen molar-refractivity contribution in [2.45, 2.75) is 50.5 Å². The number of aliphatic hydroxyl groups excluding tert-OH is 1. The summed E-state index contributed by atoms with van der Waals surface area (Å²) in [5.41, 5.74) is 3.69. The molecule has 5 aromatic rings. The van der Waals surface area contributed by atoms with Gasteiger partial charge in [-0.3, -0.25) is 9.69 Å². The molecule has 0 aliphatic carbocycles. The number of piperidine rings is 3. The van der Waals surface area contributed by atoms with Gasteiger partial charge in [0.2, 0.25) is 5.56 Å². The van der Waals surface area contributed by atoms with E-state index in [4.69, 9.17) is 14.2 Å². The summed E-state index contributed by atoms with van der Waals surface area (Å²) in [5.74, 6) is 0.608. The number of carbonyl (C=O) groups is 2. The number of ether oxygens (including phenoxy) is 3. The van der Waals surface area contributed by atoms with Crippen LogP contribution >= 0.6 is 0 Å². The zero-order valence-electron chi connectivity index (χ0n) is 31.2. The largest absolute Gasteiger partial charge is 0.506 e. The maximum absolute atomic E-state index is 13.2. The predicted molar refractivity (Wildman–Crippen MR) is 212 cm³/mol. The summed E-state index contributed by atoms with van der Waals surface area (Å²) in [6, 6.07) is 30.2. The average Bonchev–Trinajstić information content (AvgIpc) is 3.23. The zero-order chi connectivity index (χ0) is 38.9. The summed E-state index contributed by atoms with van der Waals surface area (Å²) in [7, 11) is 0. The number of phenolic OH excluding ortho intramolecular Hbond substituents is 1. The number of hydrogen-bond donors (Lipinski definition) is 5. The molecule has 3 fully saturated rings. The van der Waals surface area contributed by atoms with Crippen LogP contribution in [0.3, 0.4) is 0 Å². The number of aliphatic hydroxyl groups is 1. The summed E-state index contributed by atoms with van der Waals surface area (Å²) in [6.07, 6.45) is 2.15. The molecule has 1 amide bonds. The highest BCUT2D eigenvalue weighted by Crippen LogP contribution is 2.31. The number of fused-ring (bicyclic) bond motifs is 4. The Morgan fingerprint density at radius 2 is 1.68 bits per heavy atom. The SMILES string of the molecule is O=C(N[C@@H](c1ccccc1)c1cccc(OCc2ccc(C(=O)OCCCCNC[C@H](O)c3ccc(O)c4[nH]c(=O)ccc34)cc2)c1)OC1CN2CCC1CC2. The van der Waals surface area contributed by atoms with E-state index in [1.165, 1.54) is 12.1 Å². The van der Waals surface area contributed by atoms with E-state index in [9.17, 15) is 24.6 Å². The van der Waals surface area contributed by atoms with Crippen molar-refractivity contribution in [2.75, 3.05) is 39.3 Å². The van der Waals surface area contributed by atoms with Crippen molar-refractivity contribution >= 4 is 23.0 Å². The van der Waals surface area contributed by atoms with Crippen molar-refractivity contribution in [3.8, 4) is 11.5 Å². The fourth-order valence-corrected chi connectivity index (χ4v) is 7.52. The van der Waals surface area contributed by atoms with E-state index >= 15 is 0 Å². The number of nitrogens with zero attached hydrogens (tertiary/aromatic N) is 1. The molecule has 12 nitrogen and oxygen atoms in total. The monoisotopic (exact) mass is 760 g/mol. The van der Waals surface area contributed by atoms with Crippen LogP contribution < -0.4 is 20.9 Å². The van der Waals surface area contributed by atoms with Gasteiger partial charge < -0.3 is 40.0 Å². The third-order valence-corrected chi connectivity index (χ3v) is 10.6. The molecule has 1 unspecified atom stereocenters. The van der Waals surface area contributed by atoms with Gasteiger partial charge in [0.1, 0.15) is 24.2 Å². The number of hydrogen-bond acceptors (Lipinski definition) is 10. The quantitative estimate of drug-likeness (QED) is 0.0598. The standard InChI is InChI=1S/C44H48N4O8/c49-37-17-15-35(36-16-18-40(51)46-42(36)37)38(50)26-45-21-4-5-24-54-43(52)32-13-11-29(12-14-32)28-55-34-10-6-9-33(25-34)41(31-7-2-1-3-8-31)47-44(53)56-39-27-48-22-19-30(39)20-23-48/h1-3,6-18,25,30,38-39,41,45,49-50H,4-5,19-24,26-28H2,(H,46,51)(H,47,53)/t38-,39?,41-/m0/s1. The number of pyridine rings is 1. The highest BCUT2D eigenvalue weighted by atomic mass is 16.6. The van der Waals surface area contributed by atoms with Gasteiger partial charge in [0.05, 0.1) is 29.8 Å². The van der Waals surface area contributed by atoms with E-state index in [1.807, 2.05) is 66.7 Å². The first-order valence-corrected chi connectivity index (χ1v) is 19.3. The van der Waals surface area contributed by atoms with E-state index in [0.29, 0.717) is 46.7 Å². The third kappa shape index (κ3) is 9.75. The number of alkyl carbamates (subject to hydrolysis) is 1. The number of aromatic amines is 1. The Morgan fingerprint density at radius 1 is 0.893 bits per heavy atom. The van der Waals surface area contributed by atoms with Gasteiger partial charge in [-0.15, -0.1) is 0 Å². The lowest BCUT2D eigenvalue weighted by Gasteiger charge is -2.43. The molecule has 1 aromatic heterocycles. The van der Waals surface area contributed by atoms with Crippen molar-refractivity contribution in [1.82, 2.24) is 20.5 Å². The van der Waals surface area contributed by atoms with Crippen LogP contribution in [0.25, 0.3) is 10.9 Å². The number of amides is 1. The molecule has 292 valence electrons. The molecule has 12 heteroatoms. The van der Waals surface area contributed by atoms with Crippen LogP contribution in [0.4, 0.5) is 4.79 Å². The third-order valence-electron chi connectivity index (χ3n) is 10.6. The summed E-state index contributed by atoms with van der Waals surface area (Å²) in [6.45, 7) is 4.38. The maximum atomic E-state index is 13.2. The second-order valence-corrected chi connectivity index (χ2v) is 14.5. The molecule has 3 saturated heterocycles. The second-order valence-electron chi connectivity index (χ2n) is 14.5. The van der Waals surface area contributed by atoms with Crippen molar-refractivity contribution < 1.29 is 34.0 Å². The van der Waals surface area contributed by atoms with Gasteiger partial charge in [0.25, 0.3) is 0 Å². The number of benzene rings is 4. The fourth-order valence-electron chi connectivity index (χ4n) is 7.52. The van der Waals surface area contributed by atoms with Gasteiger partial charge in [-0.25, -0.2) is 9.59 Å². The van der Waals surface area contributed by atoms with Gasteiger partial charge in [-0.05, 0) is 110 Å². The summed E-state index contributed by atoms with van der Waals surface area (Å²) in [5, 5.41) is 27.7. The molecule has 8 rings (SSSR count). The Balaban J connectivity index is 0.844. The van der Waals surface area contributed by atoms with Crippen LogP contribution in [0, 0.1) is 5.92 Å². The number of rotatable bonds is 16. The number of nitrogens with one attached hydrogen (secondary N) is 3. The van der Waals surface area contributed by atoms with Crippen molar-refractivity contribution in [2.24, 2.45) is 5.92 Å². The molecule has 4 aromatic carbocycles. The first-order chi connectivity index (χ1) is 27.3. The number of H-pyrrole nitrogens is 1. The summed E-state index contributed by atoms with van der Waals surface area (Å²) in [4.78, 5) is 42.5. The summed E-state index contributed by atoms with van der Waals surface area (Å²) >= 11 is 0. The Kier molecular flexibility index (Phi) is 12.6. The van der Waals surface area contributed by atoms with Crippen LogP contribution in [0.15, 0.2) is 108 Å². The van der Waals surface area contributed by atoms with Gasteiger partial charge in [-0.1, -0.05) is 60.7 Å². The molecule has 0 radical (unpaired) electrons. The predicted octanol–water partition coefficient (Wildman–Crippen LogP) is 5.98. The summed E-state index contributed by atoms with van der Waals surface area (Å²) < 4.78 is 17.6. The maximum Gasteiger partial charge on any atom is 0.408 e. The van der Waals surface area contributed by atoms with Gasteiger partial charge in [0, 0.05) is 24.5 Å². The Bertz CT molecular complexity index is 2150. The van der Waals surface area contributed by atoms with E-state index in [-0.39, 0.29) is 37.2 Å². The van der Waals surface area contributed by atoms with E-state index < -0.39 is 24.2 Å². The highest BCUT2D eigenvalue weighted by Gasteiger charge is 2.37.